The summed E-state index contributed by atoms with van der Waals surface area (Å²) in [5, 5.41) is 20.6. The van der Waals surface area contributed by atoms with Crippen molar-refractivity contribution >= 4 is 35.5 Å². The molecule has 0 bridgehead atoms. The lowest BCUT2D eigenvalue weighted by Crippen LogP contribution is -2.56. The Bertz CT molecular complexity index is 969. The zero-order valence-electron chi connectivity index (χ0n) is 26.7. The van der Waals surface area contributed by atoms with Gasteiger partial charge in [0.05, 0.1) is 49.7 Å². The largest absolute Gasteiger partial charge is 0.480 e. The highest BCUT2D eigenvalue weighted by Crippen LogP contribution is 2.09. The van der Waals surface area contributed by atoms with Crippen LogP contribution in [-0.4, -0.2) is 115 Å². The molecular formula is C27H50N6O10. The van der Waals surface area contributed by atoms with Crippen molar-refractivity contribution in [3.05, 3.63) is 0 Å². The van der Waals surface area contributed by atoms with Gasteiger partial charge in [0.1, 0.15) is 24.7 Å². The van der Waals surface area contributed by atoms with Crippen LogP contribution in [-0.2, 0) is 43.0 Å². The van der Waals surface area contributed by atoms with E-state index in [0.29, 0.717) is 0 Å². The zero-order chi connectivity index (χ0) is 33.6. The molecule has 0 aromatic heterocycles. The molecule has 3 atom stereocenters. The molecule has 0 aliphatic carbocycles. The third-order valence-electron chi connectivity index (χ3n) is 4.96. The molecule has 8 N–H and O–H groups in total. The minimum absolute atomic E-state index is 0.0616. The van der Waals surface area contributed by atoms with Crippen molar-refractivity contribution in [2.24, 2.45) is 5.73 Å². The molecular weight excluding hydrogens is 568 g/mol. The van der Waals surface area contributed by atoms with Crippen LogP contribution in [0.25, 0.3) is 0 Å². The Morgan fingerprint density at radius 3 is 1.26 bits per heavy atom. The summed E-state index contributed by atoms with van der Waals surface area (Å²) in [6, 6.07) is -3.50. The second-order valence-corrected chi connectivity index (χ2v) is 12.7. The normalized spacial score (nSPS) is 14.1. The van der Waals surface area contributed by atoms with E-state index in [-0.39, 0.29) is 19.8 Å². The summed E-state index contributed by atoms with van der Waals surface area (Å²) in [7, 11) is 0. The smallest absolute Gasteiger partial charge is 0.322 e. The van der Waals surface area contributed by atoms with Gasteiger partial charge in [0.25, 0.3) is 0 Å². The van der Waals surface area contributed by atoms with Crippen molar-refractivity contribution in [3.63, 3.8) is 0 Å². The first kappa shape index (κ1) is 39.7. The Labute approximate surface area is 252 Å². The molecule has 0 saturated heterocycles. The fourth-order valence-electron chi connectivity index (χ4n) is 2.81. The maximum absolute atomic E-state index is 12.9. The van der Waals surface area contributed by atoms with E-state index in [4.69, 9.17) is 25.1 Å². The molecule has 0 aromatic carbocycles. The van der Waals surface area contributed by atoms with Gasteiger partial charge >= 0.3 is 5.97 Å². The number of hydrogen-bond donors (Lipinski definition) is 7. The molecule has 16 heteroatoms. The first-order valence-electron chi connectivity index (χ1n) is 13.8. The van der Waals surface area contributed by atoms with Crippen LogP contribution in [0.5, 0.6) is 0 Å². The summed E-state index contributed by atoms with van der Waals surface area (Å²) < 4.78 is 16.7. The fraction of sp³-hybridized carbons (Fsp3) is 0.778. The number of ether oxygens (including phenoxy) is 3. The second kappa shape index (κ2) is 17.7. The standard InChI is InChI=1S/C27H50N6O10/c1-25(2,3)41-13-16(28)22(38)29-10-19(34)32-17(14-42-26(4,5)6)23(39)30-11-20(35)33-18(15-43-27(7,8)9)24(40)31-12-21(36)37/h16-18H,10-15,28H2,1-9H3,(H,29,38)(H,30,39)(H,31,40)(H,32,34)(H,33,35)(H,36,37). The number of carboxylic acid groups (broad SMARTS) is 1. The van der Waals surface area contributed by atoms with E-state index in [0.717, 1.165) is 0 Å². The number of amides is 5. The van der Waals surface area contributed by atoms with Gasteiger partial charge in [-0.2, -0.15) is 0 Å². The van der Waals surface area contributed by atoms with Crippen molar-refractivity contribution in [2.75, 3.05) is 39.5 Å². The van der Waals surface area contributed by atoms with Crippen molar-refractivity contribution in [1.29, 1.82) is 0 Å². The zero-order valence-corrected chi connectivity index (χ0v) is 26.7. The van der Waals surface area contributed by atoms with E-state index in [2.05, 4.69) is 26.6 Å². The van der Waals surface area contributed by atoms with Crippen LogP contribution in [0.2, 0.25) is 0 Å². The molecule has 3 unspecified atom stereocenters. The monoisotopic (exact) mass is 618 g/mol. The maximum atomic E-state index is 12.9. The Morgan fingerprint density at radius 1 is 0.581 bits per heavy atom. The Kier molecular flexibility index (Phi) is 16.3. The molecule has 0 fully saturated rings. The average Bonchev–Trinajstić information content (AvgIpc) is 2.86. The number of nitrogens with two attached hydrogens (primary N) is 1. The quantitative estimate of drug-likeness (QED) is 0.0956. The van der Waals surface area contributed by atoms with E-state index in [1.54, 1.807) is 62.3 Å². The number of aliphatic carboxylic acids is 1. The highest BCUT2D eigenvalue weighted by molar-refractivity contribution is 5.94. The highest BCUT2D eigenvalue weighted by atomic mass is 16.5. The van der Waals surface area contributed by atoms with Gasteiger partial charge in [-0.3, -0.25) is 28.8 Å². The van der Waals surface area contributed by atoms with Crippen molar-refractivity contribution in [2.45, 2.75) is 97.2 Å². The Balaban J connectivity index is 5.22. The number of carbonyl (C=O) groups is 6. The van der Waals surface area contributed by atoms with Gasteiger partial charge in [-0.15, -0.1) is 0 Å². The molecule has 0 saturated carbocycles. The van der Waals surface area contributed by atoms with Crippen molar-refractivity contribution in [3.8, 4) is 0 Å². The molecule has 0 rings (SSSR count). The summed E-state index contributed by atoms with van der Waals surface area (Å²) in [6.07, 6.45) is 0. The van der Waals surface area contributed by atoms with Crippen molar-refractivity contribution in [1.82, 2.24) is 26.6 Å². The Morgan fingerprint density at radius 2 is 0.907 bits per heavy atom. The molecule has 43 heavy (non-hydrogen) atoms. The second-order valence-electron chi connectivity index (χ2n) is 12.7. The molecule has 0 aliphatic rings. The number of hydrogen-bond acceptors (Lipinski definition) is 10. The van der Waals surface area contributed by atoms with Crippen LogP contribution >= 0.6 is 0 Å². The summed E-state index contributed by atoms with van der Waals surface area (Å²) in [5.41, 5.74) is 3.96. The van der Waals surface area contributed by atoms with E-state index in [9.17, 15) is 28.8 Å². The number of rotatable bonds is 17. The fourth-order valence-corrected chi connectivity index (χ4v) is 2.81. The van der Waals surface area contributed by atoms with Gasteiger partial charge in [-0.05, 0) is 62.3 Å². The number of carbonyl (C=O) groups excluding carboxylic acids is 5. The highest BCUT2D eigenvalue weighted by Gasteiger charge is 2.27. The third-order valence-corrected chi connectivity index (χ3v) is 4.96. The predicted molar refractivity (Wildman–Crippen MR) is 156 cm³/mol. The van der Waals surface area contributed by atoms with Crippen LogP contribution in [0.4, 0.5) is 0 Å². The van der Waals surface area contributed by atoms with Crippen molar-refractivity contribution < 1.29 is 48.1 Å². The molecule has 0 heterocycles. The first-order valence-corrected chi connectivity index (χ1v) is 13.8. The lowest BCUT2D eigenvalue weighted by Gasteiger charge is -2.26. The molecule has 0 aliphatic heterocycles. The summed E-state index contributed by atoms with van der Waals surface area (Å²) in [4.78, 5) is 73.5. The van der Waals surface area contributed by atoms with Gasteiger partial charge in [-0.1, -0.05) is 0 Å². The third kappa shape index (κ3) is 21.1. The molecule has 16 nitrogen and oxygen atoms in total. The van der Waals surface area contributed by atoms with E-state index < -0.39 is 90.1 Å². The molecule has 248 valence electrons. The minimum Gasteiger partial charge on any atom is -0.480 e. The Hall–Kier alpha value is -3.34. The minimum atomic E-state index is -1.27. The van der Waals surface area contributed by atoms with Gasteiger partial charge in [0.2, 0.25) is 29.5 Å². The SMILES string of the molecule is CC(C)(C)OCC(N)C(=O)NCC(=O)NC(COC(C)(C)C)C(=O)NCC(=O)NC(COC(C)(C)C)C(=O)NCC(=O)O. The molecule has 0 spiro atoms. The van der Waals surface area contributed by atoms with Crippen LogP contribution in [0.3, 0.4) is 0 Å². The molecule has 0 radical (unpaired) electrons. The van der Waals surface area contributed by atoms with Gasteiger partial charge in [0, 0.05) is 0 Å². The predicted octanol–water partition coefficient (Wildman–Crippen LogP) is -1.84. The van der Waals surface area contributed by atoms with E-state index in [1.807, 2.05) is 0 Å². The van der Waals surface area contributed by atoms with Crippen LogP contribution < -0.4 is 32.3 Å². The van der Waals surface area contributed by atoms with Crippen LogP contribution in [0, 0.1) is 0 Å². The summed E-state index contributed by atoms with van der Waals surface area (Å²) >= 11 is 0. The molecule has 0 aromatic rings. The van der Waals surface area contributed by atoms with E-state index >= 15 is 0 Å². The average molecular weight is 619 g/mol. The molecule has 5 amide bonds. The topological polar surface area (TPSA) is 237 Å². The van der Waals surface area contributed by atoms with Gasteiger partial charge < -0.3 is 51.6 Å². The lowest BCUT2D eigenvalue weighted by atomic mass is 10.2. The first-order chi connectivity index (χ1) is 19.5. The maximum Gasteiger partial charge on any atom is 0.322 e. The van der Waals surface area contributed by atoms with Crippen LogP contribution in [0.15, 0.2) is 0 Å². The number of carboxylic acids is 1. The van der Waals surface area contributed by atoms with E-state index in [1.165, 1.54) is 0 Å². The number of nitrogens with one attached hydrogen (secondary N) is 5. The van der Waals surface area contributed by atoms with Crippen LogP contribution in [0.1, 0.15) is 62.3 Å². The van der Waals surface area contributed by atoms with Gasteiger partial charge in [0.15, 0.2) is 0 Å². The van der Waals surface area contributed by atoms with Gasteiger partial charge in [-0.25, -0.2) is 0 Å². The summed E-state index contributed by atoms with van der Waals surface area (Å²) in [5.74, 6) is -4.95. The summed E-state index contributed by atoms with van der Waals surface area (Å²) in [6.45, 7) is 13.5. The lowest BCUT2D eigenvalue weighted by molar-refractivity contribution is -0.139.